The molecule has 142 valence electrons. The number of piperazine rings is 1. The molecule has 0 radical (unpaired) electrons. The van der Waals surface area contributed by atoms with E-state index in [1.165, 1.54) is 0 Å². The molecular weight excluding hydrogens is 340 g/mol. The zero-order chi connectivity index (χ0) is 18.8. The van der Waals surface area contributed by atoms with Crippen LogP contribution in [-0.2, 0) is 9.59 Å². The monoisotopic (exact) mass is 366 g/mol. The number of benzene rings is 1. The predicted octanol–water partition coefficient (Wildman–Crippen LogP) is 2.65. The Hall–Kier alpha value is -2.63. The molecule has 0 aliphatic carbocycles. The minimum Gasteiger partial charge on any atom is -0.366 e. The molecule has 2 unspecified atom stereocenters. The Morgan fingerprint density at radius 3 is 2.89 bits per heavy atom. The Bertz CT molecular complexity index is 848. The quantitative estimate of drug-likeness (QED) is 0.887. The van der Waals surface area contributed by atoms with Crippen LogP contribution in [-0.4, -0.2) is 58.3 Å². The molecule has 2 aliphatic rings. The Morgan fingerprint density at radius 2 is 2.04 bits per heavy atom. The van der Waals surface area contributed by atoms with Crippen molar-refractivity contribution >= 4 is 28.4 Å². The van der Waals surface area contributed by atoms with Gasteiger partial charge in [0.1, 0.15) is 5.82 Å². The second kappa shape index (κ2) is 7.55. The number of hydrogen-bond donors (Lipinski definition) is 1. The largest absolute Gasteiger partial charge is 0.366 e. The van der Waals surface area contributed by atoms with Crippen molar-refractivity contribution in [2.75, 3.05) is 25.0 Å². The molecule has 27 heavy (non-hydrogen) atoms. The molecule has 3 heterocycles. The lowest BCUT2D eigenvalue weighted by molar-refractivity contribution is -0.143. The highest BCUT2D eigenvalue weighted by atomic mass is 16.2. The minimum absolute atomic E-state index is 0.0857. The van der Waals surface area contributed by atoms with Crippen LogP contribution in [0.4, 0.5) is 5.82 Å². The molecule has 2 aromatic rings. The molecule has 2 saturated heterocycles. The van der Waals surface area contributed by atoms with Gasteiger partial charge < -0.3 is 15.1 Å². The topological polar surface area (TPSA) is 65.5 Å². The summed E-state index contributed by atoms with van der Waals surface area (Å²) in [4.78, 5) is 32.9. The van der Waals surface area contributed by atoms with Crippen LogP contribution >= 0.6 is 0 Å². The summed E-state index contributed by atoms with van der Waals surface area (Å²) < 4.78 is 0. The van der Waals surface area contributed by atoms with E-state index in [1.54, 1.807) is 6.92 Å². The number of hydrogen-bond acceptors (Lipinski definition) is 4. The van der Waals surface area contributed by atoms with Gasteiger partial charge in [0.15, 0.2) is 0 Å². The summed E-state index contributed by atoms with van der Waals surface area (Å²) in [5.74, 6) is 1.13. The highest BCUT2D eigenvalue weighted by Crippen LogP contribution is 2.26. The number of anilines is 1. The SMILES string of the molecule is CC(=O)N1CCN2C(=O)CC(Nc3nccc4ccccc34)CCCC2C1. The highest BCUT2D eigenvalue weighted by molar-refractivity contribution is 5.92. The fraction of sp³-hybridized carbons (Fsp3) is 0.476. The molecule has 1 aromatic carbocycles. The first kappa shape index (κ1) is 17.8. The van der Waals surface area contributed by atoms with Gasteiger partial charge in [0.2, 0.25) is 11.8 Å². The third-order valence-electron chi connectivity index (χ3n) is 5.77. The molecule has 1 N–H and O–H groups in total. The van der Waals surface area contributed by atoms with Crippen LogP contribution in [0.15, 0.2) is 36.5 Å². The van der Waals surface area contributed by atoms with Crippen LogP contribution in [0, 0.1) is 0 Å². The molecule has 4 rings (SSSR count). The number of nitrogens with one attached hydrogen (secondary N) is 1. The first-order valence-corrected chi connectivity index (χ1v) is 9.77. The van der Waals surface area contributed by atoms with Gasteiger partial charge in [0, 0.05) is 56.6 Å². The molecule has 1 aromatic heterocycles. The Kier molecular flexibility index (Phi) is 4.97. The van der Waals surface area contributed by atoms with Crippen molar-refractivity contribution in [3.05, 3.63) is 36.5 Å². The van der Waals surface area contributed by atoms with Gasteiger partial charge in [0.05, 0.1) is 0 Å². The lowest BCUT2D eigenvalue weighted by atomic mass is 9.96. The van der Waals surface area contributed by atoms with Crippen LogP contribution in [0.3, 0.4) is 0 Å². The van der Waals surface area contributed by atoms with Crippen molar-refractivity contribution in [1.29, 1.82) is 0 Å². The lowest BCUT2D eigenvalue weighted by Crippen LogP contribution is -2.57. The van der Waals surface area contributed by atoms with Crippen molar-refractivity contribution in [3.8, 4) is 0 Å². The summed E-state index contributed by atoms with van der Waals surface area (Å²) in [7, 11) is 0. The van der Waals surface area contributed by atoms with E-state index in [0.29, 0.717) is 26.1 Å². The first-order valence-electron chi connectivity index (χ1n) is 9.77. The Balaban J connectivity index is 1.48. The van der Waals surface area contributed by atoms with Crippen LogP contribution in [0.2, 0.25) is 0 Å². The zero-order valence-electron chi connectivity index (χ0n) is 15.7. The van der Waals surface area contributed by atoms with Gasteiger partial charge in [-0.3, -0.25) is 9.59 Å². The Morgan fingerprint density at radius 1 is 1.19 bits per heavy atom. The smallest absolute Gasteiger partial charge is 0.225 e. The van der Waals surface area contributed by atoms with Gasteiger partial charge in [-0.15, -0.1) is 0 Å². The van der Waals surface area contributed by atoms with Crippen LogP contribution < -0.4 is 5.32 Å². The maximum Gasteiger partial charge on any atom is 0.225 e. The number of fused-ring (bicyclic) bond motifs is 2. The van der Waals surface area contributed by atoms with Gasteiger partial charge in [0.25, 0.3) is 0 Å². The van der Waals surface area contributed by atoms with Crippen LogP contribution in [0.5, 0.6) is 0 Å². The fourth-order valence-corrected chi connectivity index (χ4v) is 4.30. The standard InChI is InChI=1S/C21H26N4O2/c1-15(26)24-11-12-25-18(14-24)7-4-6-17(13-20(25)27)23-21-19-8-3-2-5-16(19)9-10-22-21/h2-3,5,8-10,17-18H,4,6-7,11-14H2,1H3,(H,22,23). The average molecular weight is 366 g/mol. The van der Waals surface area contributed by atoms with Crippen molar-refractivity contribution in [1.82, 2.24) is 14.8 Å². The van der Waals surface area contributed by atoms with Crippen LogP contribution in [0.25, 0.3) is 10.8 Å². The number of carbonyl (C=O) groups excluding carboxylic acids is 2. The van der Waals surface area contributed by atoms with E-state index in [1.807, 2.05) is 34.2 Å². The summed E-state index contributed by atoms with van der Waals surface area (Å²) in [5, 5.41) is 5.75. The zero-order valence-corrected chi connectivity index (χ0v) is 15.7. The molecule has 0 spiro atoms. The number of carbonyl (C=O) groups is 2. The number of amides is 2. The maximum atomic E-state index is 12.9. The lowest BCUT2D eigenvalue weighted by Gasteiger charge is -2.43. The third-order valence-corrected chi connectivity index (χ3v) is 5.77. The summed E-state index contributed by atoms with van der Waals surface area (Å²) in [5.41, 5.74) is 0. The van der Waals surface area contributed by atoms with Crippen molar-refractivity contribution < 1.29 is 9.59 Å². The highest BCUT2D eigenvalue weighted by Gasteiger charge is 2.33. The third kappa shape index (κ3) is 3.75. The molecule has 2 aliphatic heterocycles. The minimum atomic E-state index is 0.0857. The number of pyridine rings is 1. The van der Waals surface area contributed by atoms with E-state index in [0.717, 1.165) is 35.9 Å². The summed E-state index contributed by atoms with van der Waals surface area (Å²) in [6.45, 7) is 3.56. The van der Waals surface area contributed by atoms with Gasteiger partial charge >= 0.3 is 0 Å². The normalized spacial score (nSPS) is 23.5. The van der Waals surface area contributed by atoms with Gasteiger partial charge in [-0.2, -0.15) is 0 Å². The Labute approximate surface area is 159 Å². The second-order valence-corrected chi connectivity index (χ2v) is 7.56. The van der Waals surface area contributed by atoms with Gasteiger partial charge in [-0.1, -0.05) is 24.3 Å². The molecular formula is C21H26N4O2. The van der Waals surface area contributed by atoms with Crippen molar-refractivity contribution in [2.24, 2.45) is 0 Å². The van der Waals surface area contributed by atoms with E-state index in [-0.39, 0.29) is 23.9 Å². The predicted molar refractivity (Wildman–Crippen MR) is 105 cm³/mol. The van der Waals surface area contributed by atoms with E-state index < -0.39 is 0 Å². The molecule has 2 amide bonds. The molecule has 0 saturated carbocycles. The number of aromatic nitrogens is 1. The van der Waals surface area contributed by atoms with Crippen LogP contribution in [0.1, 0.15) is 32.6 Å². The average Bonchev–Trinajstić information content (AvgIpc) is 2.66. The molecule has 2 atom stereocenters. The first-order chi connectivity index (χ1) is 13.1. The molecule has 2 fully saturated rings. The number of rotatable bonds is 2. The van der Waals surface area contributed by atoms with Crippen molar-refractivity contribution in [2.45, 2.75) is 44.7 Å². The van der Waals surface area contributed by atoms with E-state index in [9.17, 15) is 9.59 Å². The summed E-state index contributed by atoms with van der Waals surface area (Å²) >= 11 is 0. The van der Waals surface area contributed by atoms with E-state index in [4.69, 9.17) is 0 Å². The van der Waals surface area contributed by atoms with E-state index in [2.05, 4.69) is 22.4 Å². The maximum absolute atomic E-state index is 12.9. The van der Waals surface area contributed by atoms with E-state index >= 15 is 0 Å². The number of nitrogens with zero attached hydrogens (tertiary/aromatic N) is 3. The second-order valence-electron chi connectivity index (χ2n) is 7.56. The molecule has 0 bridgehead atoms. The summed E-state index contributed by atoms with van der Waals surface area (Å²) in [6.07, 6.45) is 5.19. The molecule has 6 nitrogen and oxygen atoms in total. The molecule has 6 heteroatoms. The van der Waals surface area contributed by atoms with Crippen molar-refractivity contribution in [3.63, 3.8) is 0 Å². The fourth-order valence-electron chi connectivity index (χ4n) is 4.30. The van der Waals surface area contributed by atoms with Gasteiger partial charge in [-0.25, -0.2) is 4.98 Å². The van der Waals surface area contributed by atoms with Gasteiger partial charge in [-0.05, 0) is 30.7 Å². The summed E-state index contributed by atoms with van der Waals surface area (Å²) in [6, 6.07) is 10.4.